The molecule has 1 amide bonds. The number of rotatable bonds is 6. The number of aliphatic hydroxyl groups excluding tert-OH is 1. The Morgan fingerprint density at radius 3 is 2.57 bits per heavy atom. The number of carbonyl (C=O) groups excluding carboxylic acids is 1. The van der Waals surface area contributed by atoms with Gasteiger partial charge in [-0.2, -0.15) is 0 Å². The van der Waals surface area contributed by atoms with Gasteiger partial charge in [0, 0.05) is 6.54 Å². The second kappa shape index (κ2) is 5.98. The summed E-state index contributed by atoms with van der Waals surface area (Å²) in [4.78, 5) is 11.5. The molecule has 0 heterocycles. The molecular weight excluding hydrogens is 180 g/mol. The molecule has 0 aliphatic rings. The summed E-state index contributed by atoms with van der Waals surface area (Å²) in [5, 5.41) is 12.0. The van der Waals surface area contributed by atoms with E-state index in [2.05, 4.69) is 5.32 Å². The van der Waals surface area contributed by atoms with E-state index in [9.17, 15) is 9.90 Å². The summed E-state index contributed by atoms with van der Waals surface area (Å²) in [6.45, 7) is 5.83. The normalized spacial score (nSPS) is 17.2. The Morgan fingerprint density at radius 1 is 1.57 bits per heavy atom. The van der Waals surface area contributed by atoms with Crippen molar-refractivity contribution in [2.75, 3.05) is 6.54 Å². The lowest BCUT2D eigenvalue weighted by Crippen LogP contribution is -2.52. The second-order valence-corrected chi connectivity index (χ2v) is 3.92. The van der Waals surface area contributed by atoms with Gasteiger partial charge in [0.2, 0.25) is 5.91 Å². The van der Waals surface area contributed by atoms with E-state index in [0.29, 0.717) is 19.4 Å². The van der Waals surface area contributed by atoms with E-state index in [1.807, 2.05) is 13.8 Å². The maximum absolute atomic E-state index is 11.5. The van der Waals surface area contributed by atoms with Gasteiger partial charge in [0.1, 0.15) is 0 Å². The molecule has 0 aromatic carbocycles. The highest BCUT2D eigenvalue weighted by molar-refractivity contribution is 5.85. The third kappa shape index (κ3) is 4.58. The maximum Gasteiger partial charge on any atom is 0.239 e. The predicted molar refractivity (Wildman–Crippen MR) is 56.8 cm³/mol. The number of aliphatic hydroxyl groups is 1. The van der Waals surface area contributed by atoms with Crippen molar-refractivity contribution >= 4 is 5.91 Å². The lowest BCUT2D eigenvalue weighted by molar-refractivity contribution is -0.126. The van der Waals surface area contributed by atoms with Gasteiger partial charge in [-0.25, -0.2) is 0 Å². The van der Waals surface area contributed by atoms with Crippen molar-refractivity contribution in [3.8, 4) is 0 Å². The zero-order valence-electron chi connectivity index (χ0n) is 9.34. The highest BCUT2D eigenvalue weighted by Gasteiger charge is 2.25. The Morgan fingerprint density at radius 2 is 2.14 bits per heavy atom. The van der Waals surface area contributed by atoms with Gasteiger partial charge in [0.05, 0.1) is 11.6 Å². The molecule has 0 fully saturated rings. The zero-order valence-corrected chi connectivity index (χ0v) is 9.34. The molecule has 4 nitrogen and oxygen atoms in total. The molecule has 14 heavy (non-hydrogen) atoms. The van der Waals surface area contributed by atoms with Crippen LogP contribution in [0.4, 0.5) is 0 Å². The second-order valence-electron chi connectivity index (χ2n) is 3.92. The molecule has 84 valence electrons. The number of hydrogen-bond donors (Lipinski definition) is 3. The minimum atomic E-state index is -0.827. The van der Waals surface area contributed by atoms with Crippen molar-refractivity contribution in [3.05, 3.63) is 0 Å². The van der Waals surface area contributed by atoms with E-state index >= 15 is 0 Å². The molecule has 0 bridgehead atoms. The first kappa shape index (κ1) is 13.4. The van der Waals surface area contributed by atoms with Crippen LogP contribution >= 0.6 is 0 Å². The Hall–Kier alpha value is -0.610. The molecular formula is C10H22N2O2. The Kier molecular flexibility index (Phi) is 5.72. The molecule has 0 aromatic heterocycles. The number of nitrogens with one attached hydrogen (secondary N) is 1. The van der Waals surface area contributed by atoms with Gasteiger partial charge in [0.25, 0.3) is 0 Å². The van der Waals surface area contributed by atoms with Crippen LogP contribution in [0.25, 0.3) is 0 Å². The molecule has 0 radical (unpaired) electrons. The van der Waals surface area contributed by atoms with Gasteiger partial charge in [-0.15, -0.1) is 0 Å². The van der Waals surface area contributed by atoms with Crippen LogP contribution in [-0.4, -0.2) is 29.2 Å². The summed E-state index contributed by atoms with van der Waals surface area (Å²) < 4.78 is 0. The van der Waals surface area contributed by atoms with Crippen LogP contribution in [-0.2, 0) is 4.79 Å². The lowest BCUT2D eigenvalue weighted by atomic mass is 9.99. The van der Waals surface area contributed by atoms with Crippen molar-refractivity contribution in [1.82, 2.24) is 5.32 Å². The first-order chi connectivity index (χ1) is 6.44. The molecule has 4 N–H and O–H groups in total. The van der Waals surface area contributed by atoms with E-state index in [1.54, 1.807) is 6.92 Å². The summed E-state index contributed by atoms with van der Waals surface area (Å²) in [5.74, 6) is -0.199. The highest BCUT2D eigenvalue weighted by atomic mass is 16.3. The molecule has 0 rings (SSSR count). The number of nitrogens with two attached hydrogens (primary N) is 1. The van der Waals surface area contributed by atoms with Crippen LogP contribution in [0, 0.1) is 0 Å². The van der Waals surface area contributed by atoms with Crippen LogP contribution in [0.15, 0.2) is 0 Å². The summed E-state index contributed by atoms with van der Waals surface area (Å²) in [5.41, 5.74) is 4.90. The molecule has 0 saturated carbocycles. The van der Waals surface area contributed by atoms with Gasteiger partial charge in [-0.05, 0) is 19.8 Å². The van der Waals surface area contributed by atoms with Gasteiger partial charge in [-0.1, -0.05) is 20.3 Å². The fraction of sp³-hybridized carbons (Fsp3) is 0.900. The van der Waals surface area contributed by atoms with Crippen LogP contribution in [0.2, 0.25) is 0 Å². The standard InChI is InChI=1S/C10H22N2O2/c1-4-6-8(13)7-12-9(14)10(3,11)5-2/h8,13H,4-7,11H2,1-3H3,(H,12,14). The van der Waals surface area contributed by atoms with E-state index in [-0.39, 0.29) is 5.91 Å². The van der Waals surface area contributed by atoms with Crippen molar-refractivity contribution in [1.29, 1.82) is 0 Å². The Bertz CT molecular complexity index is 181. The maximum atomic E-state index is 11.5. The smallest absolute Gasteiger partial charge is 0.239 e. The molecule has 2 atom stereocenters. The Labute approximate surface area is 85.9 Å². The number of amides is 1. The Balaban J connectivity index is 3.85. The summed E-state index contributed by atoms with van der Waals surface area (Å²) in [7, 11) is 0. The van der Waals surface area contributed by atoms with E-state index in [0.717, 1.165) is 6.42 Å². The fourth-order valence-corrected chi connectivity index (χ4v) is 1.01. The molecule has 0 aromatic rings. The first-order valence-corrected chi connectivity index (χ1v) is 5.19. The third-order valence-electron chi connectivity index (χ3n) is 2.37. The molecule has 0 spiro atoms. The highest BCUT2D eigenvalue weighted by Crippen LogP contribution is 2.04. The summed E-state index contributed by atoms with van der Waals surface area (Å²) >= 11 is 0. The summed E-state index contributed by atoms with van der Waals surface area (Å²) in [6.07, 6.45) is 1.73. The van der Waals surface area contributed by atoms with Crippen molar-refractivity contribution in [2.45, 2.75) is 51.7 Å². The van der Waals surface area contributed by atoms with Gasteiger partial charge >= 0.3 is 0 Å². The lowest BCUT2D eigenvalue weighted by Gasteiger charge is -2.22. The predicted octanol–water partition coefficient (Wildman–Crippen LogP) is 0.391. The van der Waals surface area contributed by atoms with Crippen molar-refractivity contribution in [3.63, 3.8) is 0 Å². The average molecular weight is 202 g/mol. The van der Waals surface area contributed by atoms with E-state index < -0.39 is 11.6 Å². The SMILES string of the molecule is CCCC(O)CNC(=O)C(C)(N)CC. The zero-order chi connectivity index (χ0) is 11.2. The minimum absolute atomic E-state index is 0.199. The van der Waals surface area contributed by atoms with Gasteiger partial charge in [-0.3, -0.25) is 4.79 Å². The number of carbonyl (C=O) groups is 1. The van der Waals surface area contributed by atoms with Gasteiger partial charge in [0.15, 0.2) is 0 Å². The third-order valence-corrected chi connectivity index (χ3v) is 2.37. The monoisotopic (exact) mass is 202 g/mol. The topological polar surface area (TPSA) is 75.3 Å². The van der Waals surface area contributed by atoms with Gasteiger partial charge < -0.3 is 16.2 Å². The van der Waals surface area contributed by atoms with E-state index in [4.69, 9.17) is 5.73 Å². The summed E-state index contributed by atoms with van der Waals surface area (Å²) in [6, 6.07) is 0. The largest absolute Gasteiger partial charge is 0.391 e. The molecule has 0 aliphatic heterocycles. The average Bonchev–Trinajstić information content (AvgIpc) is 2.14. The minimum Gasteiger partial charge on any atom is -0.391 e. The molecule has 0 saturated heterocycles. The number of hydrogen-bond acceptors (Lipinski definition) is 3. The molecule has 0 aliphatic carbocycles. The van der Waals surface area contributed by atoms with E-state index in [1.165, 1.54) is 0 Å². The molecule has 2 unspecified atom stereocenters. The van der Waals surface area contributed by atoms with Crippen molar-refractivity contribution < 1.29 is 9.90 Å². The van der Waals surface area contributed by atoms with Crippen LogP contribution in [0.1, 0.15) is 40.0 Å². The van der Waals surface area contributed by atoms with Crippen LogP contribution < -0.4 is 11.1 Å². The fourth-order valence-electron chi connectivity index (χ4n) is 1.01. The molecule has 4 heteroatoms. The van der Waals surface area contributed by atoms with Crippen LogP contribution in [0.3, 0.4) is 0 Å². The van der Waals surface area contributed by atoms with Crippen LogP contribution in [0.5, 0.6) is 0 Å². The quantitative estimate of drug-likeness (QED) is 0.583. The van der Waals surface area contributed by atoms with Crippen molar-refractivity contribution in [2.24, 2.45) is 5.73 Å². The first-order valence-electron chi connectivity index (χ1n) is 5.19.